The maximum atomic E-state index is 13.8. The number of phenolic OH excluding ortho intramolecular Hbond substituents is 1. The molecule has 50 heavy (non-hydrogen) atoms. The summed E-state index contributed by atoms with van der Waals surface area (Å²) in [5, 5.41) is 44.7. The monoisotopic (exact) mass is 705 g/mol. The number of nitrogens with one attached hydrogen (secondary N) is 1. The van der Waals surface area contributed by atoms with Gasteiger partial charge in [-0.25, -0.2) is 0 Å². The lowest BCUT2D eigenvalue weighted by Crippen LogP contribution is -2.33. The number of aliphatic hydroxyl groups is 3. The van der Waals surface area contributed by atoms with Gasteiger partial charge in [0.2, 0.25) is 17.5 Å². The third-order valence-electron chi connectivity index (χ3n) is 8.77. The van der Waals surface area contributed by atoms with Crippen molar-refractivity contribution < 1.29 is 44.4 Å². The Hall–Kier alpha value is -4.48. The Kier molecular flexibility index (Phi) is 13.9. The smallest absolute Gasteiger partial charge is 0.248 e. The molecule has 0 radical (unpaired) electrons. The van der Waals surface area contributed by atoms with Crippen molar-refractivity contribution in [3.63, 3.8) is 0 Å². The Balaban J connectivity index is 2.05. The molecule has 0 spiro atoms. The molecule has 0 aromatic heterocycles. The maximum Gasteiger partial charge on any atom is 0.248 e. The van der Waals surface area contributed by atoms with Gasteiger partial charge < -0.3 is 25.7 Å². The Morgan fingerprint density at radius 1 is 0.760 bits per heavy atom. The summed E-state index contributed by atoms with van der Waals surface area (Å²) in [6.45, 7) is 9.66. The Labute approximate surface area is 296 Å². The standard InChI is InChI=1S/C39H44ClNO9/c1-20-11-9-7-8-10-12-30(45)41-34-33(40)39(50)31-27(38(34)49)18-25(6)37(48)32(31)36(47)24(5)17-23(4)35(46)22(3)14-16-26(42)15-13-21(2)29(44)19-28(20)43/h7-14,16-18,20,22-23,26,28,35,42-43,46,48H,15,19H2,1-6H3,(H,41,45)/b8-7-,11-9+,12-10+,16-14+,21-13+,24-17-/t20-,22-,23-,26-,28-,35-/m0/s1. The number of aliphatic hydroxyl groups excluding tert-OH is 3. The number of ketones is 4. The largest absolute Gasteiger partial charge is 0.507 e. The second-order valence-corrected chi connectivity index (χ2v) is 13.2. The van der Waals surface area contributed by atoms with Crippen LogP contribution in [-0.2, 0) is 9.59 Å². The molecule has 2 aliphatic heterocycles. The molecule has 1 amide bonds. The van der Waals surface area contributed by atoms with Crippen LogP contribution in [0.1, 0.15) is 84.1 Å². The fourth-order valence-electron chi connectivity index (χ4n) is 5.51. The number of amides is 1. The molecule has 0 fully saturated rings. The number of halogens is 1. The van der Waals surface area contributed by atoms with Crippen molar-refractivity contribution in [2.45, 2.75) is 72.7 Å². The lowest BCUT2D eigenvalue weighted by Gasteiger charge is -2.23. The van der Waals surface area contributed by atoms with E-state index in [0.717, 1.165) is 6.08 Å². The van der Waals surface area contributed by atoms with Gasteiger partial charge in [0.25, 0.3) is 0 Å². The lowest BCUT2D eigenvalue weighted by atomic mass is 9.83. The van der Waals surface area contributed by atoms with Crippen LogP contribution in [-0.4, -0.2) is 67.8 Å². The van der Waals surface area contributed by atoms with E-state index in [4.69, 9.17) is 11.6 Å². The van der Waals surface area contributed by atoms with E-state index in [-0.39, 0.29) is 41.2 Å². The van der Waals surface area contributed by atoms with Crippen LogP contribution in [0, 0.1) is 24.7 Å². The third kappa shape index (κ3) is 9.60. The number of aromatic hydroxyl groups is 1. The topological polar surface area (TPSA) is 178 Å². The van der Waals surface area contributed by atoms with Gasteiger partial charge in [0.1, 0.15) is 16.5 Å². The molecular weight excluding hydrogens is 662 g/mol. The van der Waals surface area contributed by atoms with Crippen LogP contribution in [0.3, 0.4) is 0 Å². The summed E-state index contributed by atoms with van der Waals surface area (Å²) in [7, 11) is 0. The molecule has 11 heteroatoms. The molecule has 1 aliphatic carbocycles. The van der Waals surface area contributed by atoms with E-state index in [1.807, 2.05) is 0 Å². The average Bonchev–Trinajstić information content (AvgIpc) is 3.07. The molecule has 6 atom stereocenters. The first-order valence-electron chi connectivity index (χ1n) is 16.3. The van der Waals surface area contributed by atoms with Gasteiger partial charge in [-0.15, -0.1) is 0 Å². The maximum absolute atomic E-state index is 13.8. The van der Waals surface area contributed by atoms with Crippen LogP contribution in [0.5, 0.6) is 5.75 Å². The molecule has 0 saturated carbocycles. The van der Waals surface area contributed by atoms with Crippen LogP contribution in [0.4, 0.5) is 0 Å². The highest BCUT2D eigenvalue weighted by atomic mass is 35.5. The number of carbonyl (C=O) groups excluding carboxylic acids is 5. The fraction of sp³-hybridized carbons (Fsp3) is 0.359. The number of rotatable bonds is 0. The van der Waals surface area contributed by atoms with E-state index >= 15 is 0 Å². The van der Waals surface area contributed by atoms with Gasteiger partial charge in [0.15, 0.2) is 11.6 Å². The Bertz CT molecular complexity index is 1770. The Morgan fingerprint density at radius 3 is 2.10 bits per heavy atom. The highest BCUT2D eigenvalue weighted by Gasteiger charge is 2.38. The number of hydrogen-bond donors (Lipinski definition) is 5. The summed E-state index contributed by atoms with van der Waals surface area (Å²) in [6.07, 6.45) is 12.2. The minimum Gasteiger partial charge on any atom is -0.507 e. The van der Waals surface area contributed by atoms with Crippen LogP contribution < -0.4 is 5.32 Å². The molecule has 266 valence electrons. The quantitative estimate of drug-likeness (QED) is 0.224. The predicted molar refractivity (Wildman–Crippen MR) is 191 cm³/mol. The molecule has 2 heterocycles. The van der Waals surface area contributed by atoms with Crippen LogP contribution in [0.15, 0.2) is 88.7 Å². The number of phenols is 1. The van der Waals surface area contributed by atoms with Gasteiger partial charge in [-0.05, 0) is 50.0 Å². The second kappa shape index (κ2) is 17.4. The summed E-state index contributed by atoms with van der Waals surface area (Å²) in [5.74, 6) is -5.52. The molecule has 10 nitrogen and oxygen atoms in total. The average molecular weight is 706 g/mol. The first-order chi connectivity index (χ1) is 23.5. The first-order valence-corrected chi connectivity index (χ1v) is 16.7. The summed E-state index contributed by atoms with van der Waals surface area (Å²) < 4.78 is 0. The van der Waals surface area contributed by atoms with Gasteiger partial charge in [-0.1, -0.05) is 87.1 Å². The highest BCUT2D eigenvalue weighted by Crippen LogP contribution is 2.37. The molecule has 1 aromatic carbocycles. The van der Waals surface area contributed by atoms with Gasteiger partial charge >= 0.3 is 0 Å². The van der Waals surface area contributed by atoms with E-state index in [1.165, 1.54) is 44.2 Å². The first kappa shape index (κ1) is 40.0. The van der Waals surface area contributed by atoms with Crippen molar-refractivity contribution in [1.29, 1.82) is 0 Å². The summed E-state index contributed by atoms with van der Waals surface area (Å²) in [5.41, 5.74) is -0.886. The molecule has 5 N–H and O–H groups in total. The van der Waals surface area contributed by atoms with Gasteiger partial charge in [0, 0.05) is 41.4 Å². The molecule has 0 saturated heterocycles. The fourth-order valence-corrected chi connectivity index (χ4v) is 5.73. The zero-order chi connectivity index (χ0) is 37.4. The van der Waals surface area contributed by atoms with Crippen LogP contribution in [0.2, 0.25) is 0 Å². The summed E-state index contributed by atoms with van der Waals surface area (Å²) in [6, 6.07) is 1.25. The van der Waals surface area contributed by atoms with E-state index in [2.05, 4.69) is 5.32 Å². The van der Waals surface area contributed by atoms with E-state index < -0.39 is 81.0 Å². The number of aryl methyl sites for hydroxylation is 1. The molecule has 1 aromatic rings. The van der Waals surface area contributed by atoms with Gasteiger partial charge in [0.05, 0.1) is 23.9 Å². The van der Waals surface area contributed by atoms with E-state index in [9.17, 15) is 44.4 Å². The summed E-state index contributed by atoms with van der Waals surface area (Å²) in [4.78, 5) is 66.2. The summed E-state index contributed by atoms with van der Waals surface area (Å²) >= 11 is 6.31. The third-order valence-corrected chi connectivity index (χ3v) is 9.13. The van der Waals surface area contributed by atoms with Crippen LogP contribution in [0.25, 0.3) is 0 Å². The van der Waals surface area contributed by atoms with Crippen molar-refractivity contribution in [2.24, 2.45) is 17.8 Å². The van der Waals surface area contributed by atoms with Crippen molar-refractivity contribution in [2.75, 3.05) is 0 Å². The molecule has 3 aliphatic rings. The molecular formula is C39H44ClNO9. The van der Waals surface area contributed by atoms with Crippen molar-refractivity contribution >= 4 is 40.6 Å². The lowest BCUT2D eigenvalue weighted by molar-refractivity contribution is -0.118. The van der Waals surface area contributed by atoms with Gasteiger partial charge in [-0.3, -0.25) is 24.0 Å². The predicted octanol–water partition coefficient (Wildman–Crippen LogP) is 5.30. The number of benzene rings is 1. The van der Waals surface area contributed by atoms with Gasteiger partial charge in [-0.2, -0.15) is 0 Å². The highest BCUT2D eigenvalue weighted by molar-refractivity contribution is 6.51. The Morgan fingerprint density at radius 2 is 1.42 bits per heavy atom. The van der Waals surface area contributed by atoms with Crippen LogP contribution >= 0.6 is 11.6 Å². The molecule has 4 rings (SSSR count). The SMILES string of the molecule is C/C1=C/[C@H](C)[C@@H](O)[C@@H](C)/C=C/[C@@H](O)C/C=C(\C)C(=O)C[C@H](O)[C@@H](C)/C=C/C=C\C=C\C(=O)NC2=C(Cl)C(=O)c3c(cc(C)c(O)c3C1=O)C2=O. The number of allylic oxidation sites excluding steroid dienone is 8. The number of hydrogen-bond acceptors (Lipinski definition) is 9. The van der Waals surface area contributed by atoms with E-state index in [1.54, 1.807) is 58.1 Å². The minimum absolute atomic E-state index is 0.0807. The number of fused-ring (bicyclic) bond motifs is 18. The van der Waals surface area contributed by atoms with Crippen molar-refractivity contribution in [3.8, 4) is 5.75 Å². The normalized spacial score (nSPS) is 31.4. The zero-order valence-electron chi connectivity index (χ0n) is 28.9. The zero-order valence-corrected chi connectivity index (χ0v) is 29.7. The second-order valence-electron chi connectivity index (χ2n) is 12.8. The molecule has 0 unspecified atom stereocenters. The van der Waals surface area contributed by atoms with E-state index in [0.29, 0.717) is 5.57 Å². The number of Topliss-reactive ketones (excluding diaryl/α,β-unsaturated/α-hetero) is 4. The van der Waals surface area contributed by atoms with Crippen molar-refractivity contribution in [1.82, 2.24) is 5.32 Å². The van der Waals surface area contributed by atoms with Crippen molar-refractivity contribution in [3.05, 3.63) is 111 Å². The minimum atomic E-state index is -1.01. The number of carbonyl (C=O) groups is 5. The molecule has 4 bridgehead atoms.